The van der Waals surface area contributed by atoms with Crippen molar-refractivity contribution in [2.45, 2.75) is 32.6 Å². The van der Waals surface area contributed by atoms with Crippen molar-refractivity contribution in [3.05, 3.63) is 72.8 Å². The molecule has 0 aliphatic carbocycles. The number of carbonyl (C=O) groups is 1. The van der Waals surface area contributed by atoms with Crippen LogP contribution in [0.3, 0.4) is 0 Å². The second-order valence-electron chi connectivity index (χ2n) is 7.99. The van der Waals surface area contributed by atoms with Crippen LogP contribution in [0.15, 0.2) is 77.2 Å². The number of esters is 1. The predicted molar refractivity (Wildman–Crippen MR) is 134 cm³/mol. The van der Waals surface area contributed by atoms with Gasteiger partial charge in [0.25, 0.3) is 0 Å². The van der Waals surface area contributed by atoms with E-state index in [9.17, 15) is 4.79 Å². The first-order valence-corrected chi connectivity index (χ1v) is 11.7. The maximum atomic E-state index is 11.5. The normalized spacial score (nSPS) is 10.9. The van der Waals surface area contributed by atoms with Gasteiger partial charge in [-0.05, 0) is 56.0 Å². The summed E-state index contributed by atoms with van der Waals surface area (Å²) in [5.74, 6) is 2.27. The van der Waals surface area contributed by atoms with E-state index in [-0.39, 0.29) is 5.97 Å². The summed E-state index contributed by atoms with van der Waals surface area (Å²) in [5, 5.41) is 0.957. The number of ether oxygens (including phenoxy) is 3. The largest absolute Gasteiger partial charge is 0.497 e. The molecule has 0 amide bonds. The van der Waals surface area contributed by atoms with Crippen molar-refractivity contribution in [1.82, 2.24) is 0 Å². The van der Waals surface area contributed by atoms with Crippen molar-refractivity contribution in [2.75, 3.05) is 20.3 Å². The SMILES string of the molecule is CCOC(=O)CCCCCOc1cccc2oc(-c3ccccc3)c(-c3ccc(OC)cc3)c12. The van der Waals surface area contributed by atoms with Gasteiger partial charge in [0.15, 0.2) is 0 Å². The third-order valence-electron chi connectivity index (χ3n) is 5.68. The highest BCUT2D eigenvalue weighted by Crippen LogP contribution is 2.44. The number of unbranched alkanes of at least 4 members (excludes halogenated alkanes) is 2. The standard InChI is InChI=1S/C29H30O5/c1-3-32-26(30)15-8-5-9-20-33-24-13-10-14-25-28(24)27(21-16-18-23(31-2)19-17-21)29(34-25)22-11-6-4-7-12-22/h4,6-7,10-14,16-19H,3,5,8-9,15,20H2,1-2H3. The quantitative estimate of drug-likeness (QED) is 0.175. The molecule has 4 aromatic rings. The molecule has 34 heavy (non-hydrogen) atoms. The van der Waals surface area contributed by atoms with Gasteiger partial charge < -0.3 is 18.6 Å². The molecule has 4 rings (SSSR count). The van der Waals surface area contributed by atoms with E-state index in [4.69, 9.17) is 18.6 Å². The van der Waals surface area contributed by atoms with Crippen LogP contribution in [0.1, 0.15) is 32.6 Å². The molecule has 0 fully saturated rings. The maximum absolute atomic E-state index is 11.5. The predicted octanol–water partition coefficient (Wildman–Crippen LogP) is 7.28. The van der Waals surface area contributed by atoms with Crippen molar-refractivity contribution in [3.63, 3.8) is 0 Å². The first-order valence-electron chi connectivity index (χ1n) is 11.7. The minimum atomic E-state index is -0.135. The van der Waals surface area contributed by atoms with Crippen molar-refractivity contribution in [1.29, 1.82) is 0 Å². The molecular formula is C29H30O5. The number of benzene rings is 3. The molecule has 0 bridgehead atoms. The maximum Gasteiger partial charge on any atom is 0.305 e. The Bertz CT molecular complexity index is 1210. The topological polar surface area (TPSA) is 57.9 Å². The van der Waals surface area contributed by atoms with Crippen molar-refractivity contribution >= 4 is 16.9 Å². The minimum absolute atomic E-state index is 0.135. The molecule has 3 aromatic carbocycles. The number of carbonyl (C=O) groups excluding carboxylic acids is 1. The third kappa shape index (κ3) is 5.42. The number of hydrogen-bond acceptors (Lipinski definition) is 5. The summed E-state index contributed by atoms with van der Waals surface area (Å²) >= 11 is 0. The summed E-state index contributed by atoms with van der Waals surface area (Å²) in [6.45, 7) is 2.82. The molecule has 0 N–H and O–H groups in total. The first kappa shape index (κ1) is 23.4. The second-order valence-corrected chi connectivity index (χ2v) is 7.99. The molecular weight excluding hydrogens is 428 g/mol. The Kier molecular flexibility index (Phi) is 7.87. The Hall–Kier alpha value is -3.73. The third-order valence-corrected chi connectivity index (χ3v) is 5.68. The van der Waals surface area contributed by atoms with Crippen LogP contribution in [0.5, 0.6) is 11.5 Å². The molecule has 0 saturated heterocycles. The highest BCUT2D eigenvalue weighted by molar-refractivity contribution is 6.05. The van der Waals surface area contributed by atoms with Crippen LogP contribution in [-0.2, 0) is 9.53 Å². The highest BCUT2D eigenvalue weighted by atomic mass is 16.5. The lowest BCUT2D eigenvalue weighted by Gasteiger charge is -2.10. The Morgan fingerprint density at radius 1 is 0.853 bits per heavy atom. The Morgan fingerprint density at radius 3 is 2.38 bits per heavy atom. The Labute approximate surface area is 200 Å². The van der Waals surface area contributed by atoms with Gasteiger partial charge >= 0.3 is 5.97 Å². The fourth-order valence-electron chi connectivity index (χ4n) is 4.03. The molecule has 0 radical (unpaired) electrons. The zero-order valence-electron chi connectivity index (χ0n) is 19.7. The number of methoxy groups -OCH3 is 1. The molecule has 0 unspecified atom stereocenters. The van der Waals surface area contributed by atoms with Crippen molar-refractivity contribution in [2.24, 2.45) is 0 Å². The van der Waals surface area contributed by atoms with Crippen molar-refractivity contribution < 1.29 is 23.4 Å². The van der Waals surface area contributed by atoms with Crippen molar-refractivity contribution in [3.8, 4) is 33.9 Å². The molecule has 0 saturated carbocycles. The second kappa shape index (κ2) is 11.4. The first-order chi connectivity index (χ1) is 16.7. The smallest absolute Gasteiger partial charge is 0.305 e. The van der Waals surface area contributed by atoms with Crippen LogP contribution in [0.2, 0.25) is 0 Å². The summed E-state index contributed by atoms with van der Waals surface area (Å²) in [6.07, 6.45) is 3.01. The van der Waals surface area contributed by atoms with E-state index in [1.54, 1.807) is 7.11 Å². The summed E-state index contributed by atoms with van der Waals surface area (Å²) in [4.78, 5) is 11.5. The van der Waals surface area contributed by atoms with Gasteiger partial charge in [-0.1, -0.05) is 48.5 Å². The summed E-state index contributed by atoms with van der Waals surface area (Å²) in [7, 11) is 1.66. The molecule has 0 spiro atoms. The van der Waals surface area contributed by atoms with E-state index in [1.807, 2.05) is 67.6 Å². The van der Waals surface area contributed by atoms with Gasteiger partial charge in [0.2, 0.25) is 0 Å². The fraction of sp³-hybridized carbons (Fsp3) is 0.276. The van der Waals surface area contributed by atoms with Crippen LogP contribution < -0.4 is 9.47 Å². The molecule has 5 nitrogen and oxygen atoms in total. The van der Waals surface area contributed by atoms with E-state index >= 15 is 0 Å². The van der Waals surface area contributed by atoms with Gasteiger partial charge in [-0.2, -0.15) is 0 Å². The van der Waals surface area contributed by atoms with E-state index in [2.05, 4.69) is 12.1 Å². The van der Waals surface area contributed by atoms with E-state index in [1.165, 1.54) is 0 Å². The lowest BCUT2D eigenvalue weighted by atomic mass is 9.98. The summed E-state index contributed by atoms with van der Waals surface area (Å²) in [5.41, 5.74) is 3.82. The minimum Gasteiger partial charge on any atom is -0.497 e. The average Bonchev–Trinajstić information content (AvgIpc) is 3.27. The molecule has 0 atom stereocenters. The van der Waals surface area contributed by atoms with Crippen LogP contribution >= 0.6 is 0 Å². The lowest BCUT2D eigenvalue weighted by molar-refractivity contribution is -0.143. The molecule has 5 heteroatoms. The Balaban J connectivity index is 1.61. The number of fused-ring (bicyclic) bond motifs is 1. The molecule has 1 heterocycles. The fourth-order valence-corrected chi connectivity index (χ4v) is 4.03. The summed E-state index contributed by atoms with van der Waals surface area (Å²) < 4.78 is 22.9. The Morgan fingerprint density at radius 2 is 1.65 bits per heavy atom. The molecule has 0 aliphatic rings. The van der Waals surface area contributed by atoms with Crippen LogP contribution in [0, 0.1) is 0 Å². The zero-order valence-corrected chi connectivity index (χ0v) is 19.7. The number of rotatable bonds is 11. The van der Waals surface area contributed by atoms with Crippen LogP contribution in [0.4, 0.5) is 0 Å². The average molecular weight is 459 g/mol. The van der Waals surface area contributed by atoms with Gasteiger partial charge in [0.05, 0.1) is 25.7 Å². The highest BCUT2D eigenvalue weighted by Gasteiger charge is 2.21. The van der Waals surface area contributed by atoms with Gasteiger partial charge in [-0.3, -0.25) is 4.79 Å². The van der Waals surface area contributed by atoms with Crippen LogP contribution in [0.25, 0.3) is 33.4 Å². The molecule has 0 aliphatic heterocycles. The monoisotopic (exact) mass is 458 g/mol. The van der Waals surface area contributed by atoms with E-state index in [0.717, 1.165) is 64.2 Å². The van der Waals surface area contributed by atoms with Gasteiger partial charge in [-0.25, -0.2) is 0 Å². The van der Waals surface area contributed by atoms with Gasteiger partial charge in [-0.15, -0.1) is 0 Å². The van der Waals surface area contributed by atoms with E-state index < -0.39 is 0 Å². The van der Waals surface area contributed by atoms with Gasteiger partial charge in [0, 0.05) is 17.5 Å². The lowest BCUT2D eigenvalue weighted by Crippen LogP contribution is -2.04. The van der Waals surface area contributed by atoms with Crippen LogP contribution in [-0.4, -0.2) is 26.3 Å². The van der Waals surface area contributed by atoms with E-state index in [0.29, 0.717) is 19.6 Å². The number of furan rings is 1. The molecule has 176 valence electrons. The molecule has 1 aromatic heterocycles. The summed E-state index contributed by atoms with van der Waals surface area (Å²) in [6, 6.07) is 24.0. The zero-order chi connectivity index (χ0) is 23.8. The van der Waals surface area contributed by atoms with Gasteiger partial charge in [0.1, 0.15) is 22.8 Å². The number of hydrogen-bond donors (Lipinski definition) is 0.